The Bertz CT molecular complexity index is 914. The van der Waals surface area contributed by atoms with Gasteiger partial charge in [-0.2, -0.15) is 0 Å². The van der Waals surface area contributed by atoms with Gasteiger partial charge in [-0.05, 0) is 73.6 Å². The molecule has 1 aliphatic rings. The number of aromatic nitrogens is 1. The fourth-order valence-corrected chi connectivity index (χ4v) is 5.07. The summed E-state index contributed by atoms with van der Waals surface area (Å²) in [7, 11) is 3.85. The number of β-amino-alcohol motifs (C(OH)–C–C–N with tert-alkyl or cyclic N) is 1. The lowest BCUT2D eigenvalue weighted by molar-refractivity contribution is -0.135. The average Bonchev–Trinajstić information content (AvgIpc) is 3.09. The Morgan fingerprint density at radius 2 is 2.00 bits per heavy atom. The minimum Gasteiger partial charge on any atom is -0.390 e. The maximum Gasteiger partial charge on any atom is 0.222 e. The number of hydrogen-bond donors (Lipinski definition) is 2. The normalized spacial score (nSPS) is 17.1. The van der Waals surface area contributed by atoms with Crippen LogP contribution in [0.5, 0.6) is 0 Å². The van der Waals surface area contributed by atoms with Crippen LogP contribution >= 0.6 is 12.4 Å². The molecule has 2 heterocycles. The topological polar surface area (TPSA) is 80.7 Å². The summed E-state index contributed by atoms with van der Waals surface area (Å²) in [5, 5.41) is 12.1. The molecular formula is C27H44ClN3O3. The molecule has 1 aliphatic heterocycles. The third kappa shape index (κ3) is 7.45. The van der Waals surface area contributed by atoms with Crippen molar-refractivity contribution in [3.05, 3.63) is 35.5 Å². The number of nitrogens with zero attached hydrogens (tertiary/aromatic N) is 2. The maximum absolute atomic E-state index is 12.1. The molecule has 3 rings (SSSR count). The van der Waals surface area contributed by atoms with Crippen LogP contribution in [0.15, 0.2) is 24.4 Å². The van der Waals surface area contributed by atoms with Crippen LogP contribution in [0.3, 0.4) is 0 Å². The second-order valence-corrected chi connectivity index (χ2v) is 10.2. The standard InChI is InChI=1S/C27H43N3O3.ClH/c1-19(2)22(16-24(28)26(31)18-30-12-6-5-9-27(30)32)14-20-10-11-25-23(15-20)21(17-29(25)3)8-7-13-33-4;/h10-11,15,17,19,22,24,26,31H,5-9,12-14,16,18,28H2,1-4H3;1H. The third-order valence-corrected chi connectivity index (χ3v) is 7.27. The second-order valence-electron chi connectivity index (χ2n) is 10.2. The number of nitrogens with two attached hydrogens (primary N) is 1. The van der Waals surface area contributed by atoms with Crippen LogP contribution < -0.4 is 5.73 Å². The van der Waals surface area contributed by atoms with E-state index in [1.165, 1.54) is 22.0 Å². The summed E-state index contributed by atoms with van der Waals surface area (Å²) >= 11 is 0. The molecule has 1 amide bonds. The molecule has 0 spiro atoms. The van der Waals surface area contributed by atoms with Crippen molar-refractivity contribution in [2.75, 3.05) is 26.8 Å². The van der Waals surface area contributed by atoms with Crippen molar-refractivity contribution < 1.29 is 14.6 Å². The van der Waals surface area contributed by atoms with E-state index >= 15 is 0 Å². The molecule has 2 aromatic rings. The molecule has 0 saturated carbocycles. The highest BCUT2D eigenvalue weighted by atomic mass is 35.5. The number of halogens is 1. The van der Waals surface area contributed by atoms with Gasteiger partial charge in [0.1, 0.15) is 0 Å². The number of methoxy groups -OCH3 is 1. The molecule has 3 N–H and O–H groups in total. The number of ether oxygens (including phenoxy) is 1. The molecule has 0 bridgehead atoms. The van der Waals surface area contributed by atoms with Gasteiger partial charge in [0.15, 0.2) is 0 Å². The van der Waals surface area contributed by atoms with Gasteiger partial charge in [-0.3, -0.25) is 4.79 Å². The van der Waals surface area contributed by atoms with Crippen LogP contribution in [-0.2, 0) is 29.4 Å². The number of aryl methyl sites for hydroxylation is 2. The molecule has 1 aromatic heterocycles. The number of fused-ring (bicyclic) bond motifs is 1. The van der Waals surface area contributed by atoms with Crippen molar-refractivity contribution >= 4 is 29.2 Å². The fourth-order valence-electron chi connectivity index (χ4n) is 5.07. The van der Waals surface area contributed by atoms with Gasteiger partial charge in [0, 0.05) is 63.4 Å². The van der Waals surface area contributed by atoms with Crippen molar-refractivity contribution in [2.45, 2.75) is 70.9 Å². The van der Waals surface area contributed by atoms with Gasteiger partial charge in [0.2, 0.25) is 5.91 Å². The number of benzene rings is 1. The highest BCUT2D eigenvalue weighted by Crippen LogP contribution is 2.28. The van der Waals surface area contributed by atoms with Crippen molar-refractivity contribution in [1.29, 1.82) is 0 Å². The first-order chi connectivity index (χ1) is 15.8. The molecule has 0 radical (unpaired) electrons. The van der Waals surface area contributed by atoms with E-state index in [1.54, 1.807) is 12.0 Å². The van der Waals surface area contributed by atoms with Gasteiger partial charge in [-0.15, -0.1) is 12.4 Å². The quantitative estimate of drug-likeness (QED) is 0.436. The fraction of sp³-hybridized carbons (Fsp3) is 0.667. The van der Waals surface area contributed by atoms with Gasteiger partial charge in [-0.25, -0.2) is 0 Å². The van der Waals surface area contributed by atoms with Crippen LogP contribution in [0, 0.1) is 11.8 Å². The number of carbonyl (C=O) groups is 1. The number of likely N-dealkylation sites (tertiary alicyclic amines) is 1. The summed E-state index contributed by atoms with van der Waals surface area (Å²) in [4.78, 5) is 13.9. The molecule has 1 aromatic carbocycles. The number of amides is 1. The zero-order chi connectivity index (χ0) is 24.0. The van der Waals surface area contributed by atoms with E-state index in [0.717, 1.165) is 51.7 Å². The van der Waals surface area contributed by atoms with E-state index in [-0.39, 0.29) is 24.4 Å². The van der Waals surface area contributed by atoms with Crippen LogP contribution in [0.2, 0.25) is 0 Å². The summed E-state index contributed by atoms with van der Waals surface area (Å²) < 4.78 is 7.44. The van der Waals surface area contributed by atoms with Crippen molar-refractivity contribution in [1.82, 2.24) is 9.47 Å². The number of rotatable bonds is 12. The first kappa shape index (κ1) is 28.6. The number of aliphatic hydroxyl groups is 1. The maximum atomic E-state index is 12.1. The first-order valence-corrected chi connectivity index (χ1v) is 12.6. The number of aliphatic hydroxyl groups excluding tert-OH is 1. The van der Waals surface area contributed by atoms with E-state index in [9.17, 15) is 9.90 Å². The molecule has 1 saturated heterocycles. The van der Waals surface area contributed by atoms with Crippen LogP contribution in [0.25, 0.3) is 10.9 Å². The third-order valence-electron chi connectivity index (χ3n) is 7.27. The van der Waals surface area contributed by atoms with E-state index in [2.05, 4.69) is 49.9 Å². The van der Waals surface area contributed by atoms with Gasteiger partial charge >= 0.3 is 0 Å². The molecule has 1 fully saturated rings. The van der Waals surface area contributed by atoms with E-state index < -0.39 is 6.10 Å². The lowest BCUT2D eigenvalue weighted by Crippen LogP contribution is -2.48. The molecule has 6 nitrogen and oxygen atoms in total. The summed E-state index contributed by atoms with van der Waals surface area (Å²) in [6, 6.07) is 6.45. The SMILES string of the molecule is COCCCc1cn(C)c2ccc(CC(CC(N)C(O)CN3CCCCC3=O)C(C)C)cc12.Cl. The number of hydrogen-bond acceptors (Lipinski definition) is 4. The van der Waals surface area contributed by atoms with Crippen molar-refractivity contribution in [3.63, 3.8) is 0 Å². The van der Waals surface area contributed by atoms with Crippen LogP contribution in [0.4, 0.5) is 0 Å². The number of piperidine rings is 1. The van der Waals surface area contributed by atoms with E-state index in [0.29, 0.717) is 24.8 Å². The average molecular weight is 494 g/mol. The molecule has 34 heavy (non-hydrogen) atoms. The summed E-state index contributed by atoms with van der Waals surface area (Å²) in [6.45, 7) is 6.32. The predicted octanol–water partition coefficient (Wildman–Crippen LogP) is 4.08. The highest BCUT2D eigenvalue weighted by molar-refractivity contribution is 5.85. The van der Waals surface area contributed by atoms with E-state index in [4.69, 9.17) is 10.5 Å². The highest BCUT2D eigenvalue weighted by Gasteiger charge is 2.27. The zero-order valence-electron chi connectivity index (χ0n) is 21.3. The predicted molar refractivity (Wildman–Crippen MR) is 141 cm³/mol. The van der Waals surface area contributed by atoms with Gasteiger partial charge in [-0.1, -0.05) is 19.9 Å². The Hall–Kier alpha value is -1.60. The molecule has 3 unspecified atom stereocenters. The Balaban J connectivity index is 0.00000408. The van der Waals surface area contributed by atoms with Crippen LogP contribution in [0.1, 0.15) is 57.1 Å². The molecular weight excluding hydrogens is 450 g/mol. The van der Waals surface area contributed by atoms with E-state index in [1.807, 2.05) is 0 Å². The summed E-state index contributed by atoms with van der Waals surface area (Å²) in [5.74, 6) is 0.961. The zero-order valence-corrected chi connectivity index (χ0v) is 22.2. The largest absolute Gasteiger partial charge is 0.390 e. The Morgan fingerprint density at radius 1 is 1.24 bits per heavy atom. The summed E-state index contributed by atoms with van der Waals surface area (Å²) in [6.07, 6.45) is 7.80. The lowest BCUT2D eigenvalue weighted by atomic mass is 9.83. The first-order valence-electron chi connectivity index (χ1n) is 12.6. The minimum absolute atomic E-state index is 0. The Kier molecular flexibility index (Phi) is 11.4. The molecule has 7 heteroatoms. The molecule has 3 atom stereocenters. The minimum atomic E-state index is -0.683. The van der Waals surface area contributed by atoms with Gasteiger partial charge in [0.25, 0.3) is 0 Å². The van der Waals surface area contributed by atoms with Crippen LogP contribution in [-0.4, -0.2) is 59.4 Å². The van der Waals surface area contributed by atoms with Gasteiger partial charge in [0.05, 0.1) is 6.10 Å². The molecule has 192 valence electrons. The monoisotopic (exact) mass is 493 g/mol. The lowest BCUT2D eigenvalue weighted by Gasteiger charge is -2.32. The Labute approximate surface area is 211 Å². The van der Waals surface area contributed by atoms with Crippen molar-refractivity contribution in [2.24, 2.45) is 24.6 Å². The van der Waals surface area contributed by atoms with Crippen molar-refractivity contribution in [3.8, 4) is 0 Å². The van der Waals surface area contributed by atoms with Gasteiger partial charge < -0.3 is 25.0 Å². The number of carbonyl (C=O) groups excluding carboxylic acids is 1. The summed E-state index contributed by atoms with van der Waals surface area (Å²) in [5.41, 5.74) is 10.4. The smallest absolute Gasteiger partial charge is 0.222 e. The second kappa shape index (κ2) is 13.5. The molecule has 0 aliphatic carbocycles. The Morgan fingerprint density at radius 3 is 2.68 bits per heavy atom.